The Hall–Kier alpha value is -0.810. The van der Waals surface area contributed by atoms with E-state index in [4.69, 9.17) is 15.7 Å². The minimum Gasteiger partial charge on any atom is -0.409 e. The Morgan fingerprint density at radius 3 is 2.56 bits per heavy atom. The van der Waals surface area contributed by atoms with Gasteiger partial charge in [0.2, 0.25) is 0 Å². The lowest BCUT2D eigenvalue weighted by molar-refractivity contribution is 0.0806. The molecule has 5 heteroatoms. The molecule has 0 saturated carbocycles. The lowest BCUT2D eigenvalue weighted by Crippen LogP contribution is -2.35. The quantitative estimate of drug-likeness (QED) is 0.192. The molecular formula is C11H25N3O2. The van der Waals surface area contributed by atoms with Crippen LogP contribution >= 0.6 is 0 Å². The van der Waals surface area contributed by atoms with Gasteiger partial charge in [-0.2, -0.15) is 0 Å². The number of ether oxygens (including phenoxy) is 1. The van der Waals surface area contributed by atoms with Gasteiger partial charge in [0.05, 0.1) is 12.7 Å². The summed E-state index contributed by atoms with van der Waals surface area (Å²) < 4.78 is 5.39. The fourth-order valence-electron chi connectivity index (χ4n) is 1.16. The van der Waals surface area contributed by atoms with Gasteiger partial charge >= 0.3 is 0 Å². The van der Waals surface area contributed by atoms with Crippen molar-refractivity contribution >= 4 is 5.84 Å². The monoisotopic (exact) mass is 231 g/mol. The number of hydrogen-bond donors (Lipinski definition) is 3. The molecule has 0 aromatic heterocycles. The van der Waals surface area contributed by atoms with Crippen molar-refractivity contribution in [1.29, 1.82) is 0 Å². The number of amidine groups is 1. The maximum absolute atomic E-state index is 8.59. The first-order valence-electron chi connectivity index (χ1n) is 5.70. The molecule has 0 radical (unpaired) electrons. The summed E-state index contributed by atoms with van der Waals surface area (Å²) in [7, 11) is 0. The third-order valence-corrected chi connectivity index (χ3v) is 2.46. The fourth-order valence-corrected chi connectivity index (χ4v) is 1.16. The van der Waals surface area contributed by atoms with Crippen molar-refractivity contribution in [3.8, 4) is 0 Å². The highest BCUT2D eigenvalue weighted by Crippen LogP contribution is 2.19. The average molecular weight is 231 g/mol. The summed E-state index contributed by atoms with van der Waals surface area (Å²) in [6.45, 7) is 10.3. The van der Waals surface area contributed by atoms with Crippen LogP contribution in [0.4, 0.5) is 0 Å². The SMILES string of the molecule is CC(C)OCCNCCC(C)(C)C(N)=NO. The van der Waals surface area contributed by atoms with Crippen molar-refractivity contribution in [3.05, 3.63) is 0 Å². The molecule has 0 atom stereocenters. The Labute approximate surface area is 98.0 Å². The molecule has 0 fully saturated rings. The Balaban J connectivity index is 3.59. The minimum absolute atomic E-state index is 0.271. The van der Waals surface area contributed by atoms with Crippen molar-refractivity contribution in [1.82, 2.24) is 5.32 Å². The normalized spacial score (nSPS) is 13.4. The highest BCUT2D eigenvalue weighted by atomic mass is 16.5. The van der Waals surface area contributed by atoms with Gasteiger partial charge in [-0.15, -0.1) is 0 Å². The molecule has 0 heterocycles. The summed E-state index contributed by atoms with van der Waals surface area (Å²) in [4.78, 5) is 0. The number of nitrogens with two attached hydrogens (primary N) is 1. The van der Waals surface area contributed by atoms with Crippen LogP contribution in [0.25, 0.3) is 0 Å². The number of nitrogens with zero attached hydrogens (tertiary/aromatic N) is 1. The first-order chi connectivity index (χ1) is 7.40. The van der Waals surface area contributed by atoms with Crippen molar-refractivity contribution in [3.63, 3.8) is 0 Å². The van der Waals surface area contributed by atoms with Gasteiger partial charge in [0, 0.05) is 12.0 Å². The molecule has 0 aromatic rings. The van der Waals surface area contributed by atoms with E-state index in [1.165, 1.54) is 0 Å². The van der Waals surface area contributed by atoms with Gasteiger partial charge in [-0.05, 0) is 26.8 Å². The van der Waals surface area contributed by atoms with Crippen molar-refractivity contribution < 1.29 is 9.94 Å². The van der Waals surface area contributed by atoms with Gasteiger partial charge in [0.25, 0.3) is 0 Å². The zero-order valence-electron chi connectivity index (χ0n) is 10.8. The third kappa shape index (κ3) is 6.63. The lowest BCUT2D eigenvalue weighted by Gasteiger charge is -2.22. The largest absolute Gasteiger partial charge is 0.409 e. The summed E-state index contributed by atoms with van der Waals surface area (Å²) in [6.07, 6.45) is 1.10. The predicted octanol–water partition coefficient (Wildman–Crippen LogP) is 1.16. The maximum atomic E-state index is 8.59. The van der Waals surface area contributed by atoms with E-state index < -0.39 is 0 Å². The summed E-state index contributed by atoms with van der Waals surface area (Å²) in [5.41, 5.74) is 5.30. The number of oxime groups is 1. The molecule has 0 bridgehead atoms. The maximum Gasteiger partial charge on any atom is 0.144 e. The van der Waals surface area contributed by atoms with Crippen LogP contribution in [0.3, 0.4) is 0 Å². The van der Waals surface area contributed by atoms with Crippen molar-refractivity contribution in [2.24, 2.45) is 16.3 Å². The van der Waals surface area contributed by atoms with E-state index in [-0.39, 0.29) is 17.4 Å². The van der Waals surface area contributed by atoms with E-state index in [2.05, 4.69) is 10.5 Å². The van der Waals surface area contributed by atoms with Crippen LogP contribution in [0.2, 0.25) is 0 Å². The molecule has 0 aliphatic rings. The Bertz CT molecular complexity index is 215. The van der Waals surface area contributed by atoms with Crippen LogP contribution in [0.15, 0.2) is 5.16 Å². The van der Waals surface area contributed by atoms with Crippen LogP contribution in [-0.4, -0.2) is 36.8 Å². The molecule has 5 nitrogen and oxygen atoms in total. The molecule has 0 saturated heterocycles. The van der Waals surface area contributed by atoms with E-state index >= 15 is 0 Å². The minimum atomic E-state index is -0.277. The second-order valence-electron chi connectivity index (χ2n) is 4.79. The van der Waals surface area contributed by atoms with Gasteiger partial charge < -0.3 is 21.0 Å². The molecule has 16 heavy (non-hydrogen) atoms. The van der Waals surface area contributed by atoms with Gasteiger partial charge in [-0.1, -0.05) is 19.0 Å². The van der Waals surface area contributed by atoms with Gasteiger partial charge in [0.15, 0.2) is 0 Å². The van der Waals surface area contributed by atoms with Gasteiger partial charge in [-0.25, -0.2) is 0 Å². The average Bonchev–Trinajstić information content (AvgIpc) is 2.21. The number of rotatable bonds is 8. The predicted molar refractivity (Wildman–Crippen MR) is 65.8 cm³/mol. The van der Waals surface area contributed by atoms with Gasteiger partial charge in [0.1, 0.15) is 5.84 Å². The van der Waals surface area contributed by atoms with Crippen LogP contribution in [0.1, 0.15) is 34.1 Å². The van der Waals surface area contributed by atoms with Crippen molar-refractivity contribution in [2.75, 3.05) is 19.7 Å². The van der Waals surface area contributed by atoms with E-state index in [0.29, 0.717) is 6.61 Å². The van der Waals surface area contributed by atoms with Crippen molar-refractivity contribution in [2.45, 2.75) is 40.2 Å². The molecule has 0 amide bonds. The van der Waals surface area contributed by atoms with E-state index in [0.717, 1.165) is 19.5 Å². The highest BCUT2D eigenvalue weighted by Gasteiger charge is 2.22. The first kappa shape index (κ1) is 15.2. The topological polar surface area (TPSA) is 79.9 Å². The lowest BCUT2D eigenvalue weighted by atomic mass is 9.88. The van der Waals surface area contributed by atoms with E-state index in [1.54, 1.807) is 0 Å². The molecule has 4 N–H and O–H groups in total. The first-order valence-corrected chi connectivity index (χ1v) is 5.70. The van der Waals surface area contributed by atoms with Crippen LogP contribution in [0.5, 0.6) is 0 Å². The molecule has 96 valence electrons. The zero-order chi connectivity index (χ0) is 12.6. The standard InChI is InChI=1S/C11H25N3O2/c1-9(2)16-8-7-13-6-5-11(3,4)10(12)14-15/h9,13,15H,5-8H2,1-4H3,(H2,12,14). The molecule has 0 spiro atoms. The van der Waals surface area contributed by atoms with Crippen LogP contribution < -0.4 is 11.1 Å². The summed E-state index contributed by atoms with van der Waals surface area (Å²) in [6, 6.07) is 0. The summed E-state index contributed by atoms with van der Waals surface area (Å²) in [5.74, 6) is 0.271. The number of hydrogen-bond acceptors (Lipinski definition) is 4. The molecule has 0 aromatic carbocycles. The second kappa shape index (κ2) is 7.46. The molecule has 0 unspecified atom stereocenters. The molecule has 0 aliphatic carbocycles. The fraction of sp³-hybridized carbons (Fsp3) is 0.909. The van der Waals surface area contributed by atoms with Gasteiger partial charge in [-0.3, -0.25) is 0 Å². The smallest absolute Gasteiger partial charge is 0.144 e. The Kier molecular flexibility index (Phi) is 7.08. The Morgan fingerprint density at radius 1 is 1.44 bits per heavy atom. The van der Waals surface area contributed by atoms with E-state index in [9.17, 15) is 0 Å². The number of nitrogens with one attached hydrogen (secondary N) is 1. The third-order valence-electron chi connectivity index (χ3n) is 2.46. The van der Waals surface area contributed by atoms with E-state index in [1.807, 2.05) is 27.7 Å². The molecule has 0 rings (SSSR count). The summed E-state index contributed by atoms with van der Waals surface area (Å²) in [5, 5.41) is 14.9. The second-order valence-corrected chi connectivity index (χ2v) is 4.79. The Morgan fingerprint density at radius 2 is 2.06 bits per heavy atom. The summed E-state index contributed by atoms with van der Waals surface area (Å²) >= 11 is 0. The van der Waals surface area contributed by atoms with Crippen LogP contribution in [-0.2, 0) is 4.74 Å². The zero-order valence-corrected chi connectivity index (χ0v) is 10.8. The molecule has 0 aliphatic heterocycles. The highest BCUT2D eigenvalue weighted by molar-refractivity contribution is 5.85. The van der Waals surface area contributed by atoms with Crippen LogP contribution in [0, 0.1) is 5.41 Å². The molecular weight excluding hydrogens is 206 g/mol.